The Morgan fingerprint density at radius 1 is 0.844 bits per heavy atom. The highest BCUT2D eigenvalue weighted by Crippen LogP contribution is 2.20. The van der Waals surface area contributed by atoms with Gasteiger partial charge in [0.05, 0.1) is 19.1 Å². The van der Waals surface area contributed by atoms with E-state index in [-0.39, 0.29) is 17.9 Å². The normalized spacial score (nSPS) is 18.6. The first-order valence-corrected chi connectivity index (χ1v) is 11.7. The Morgan fingerprint density at radius 3 is 2.34 bits per heavy atom. The van der Waals surface area contributed by atoms with Crippen LogP contribution in [-0.4, -0.2) is 47.9 Å². The predicted molar refractivity (Wildman–Crippen MR) is 124 cm³/mol. The van der Waals surface area contributed by atoms with Gasteiger partial charge in [0.15, 0.2) is 0 Å². The Hall–Kier alpha value is -2.86. The molecular weight excluding hydrogens is 402 g/mol. The molecule has 6 nitrogen and oxygen atoms in total. The molecule has 0 radical (unpaired) electrons. The number of likely N-dealkylation sites (tertiary alicyclic amines) is 2. The number of nitrogens with one attached hydrogen (secondary N) is 1. The van der Waals surface area contributed by atoms with Crippen LogP contribution in [0.25, 0.3) is 0 Å². The fraction of sp³-hybridized carbons (Fsp3) is 0.462. The minimum Gasteiger partial charge on any atom is -0.372 e. The molecule has 2 aliphatic heterocycles. The first-order chi connectivity index (χ1) is 15.7. The SMILES string of the molecule is O=C(NCc1cccc(COCc2ccccc2)c1)C1CCCN(C(=O)N2CCCC2)C1. The number of benzene rings is 2. The molecule has 6 heteroatoms. The molecule has 32 heavy (non-hydrogen) atoms. The molecule has 3 amide bonds. The zero-order valence-corrected chi connectivity index (χ0v) is 18.7. The van der Waals surface area contributed by atoms with E-state index < -0.39 is 0 Å². The number of hydrogen-bond donors (Lipinski definition) is 1. The Kier molecular flexibility index (Phi) is 7.77. The third kappa shape index (κ3) is 6.10. The average molecular weight is 436 g/mol. The fourth-order valence-electron chi connectivity index (χ4n) is 4.50. The van der Waals surface area contributed by atoms with Gasteiger partial charge in [0.25, 0.3) is 0 Å². The number of carbonyl (C=O) groups is 2. The highest BCUT2D eigenvalue weighted by Gasteiger charge is 2.31. The number of amides is 3. The van der Waals surface area contributed by atoms with E-state index in [4.69, 9.17) is 4.74 Å². The van der Waals surface area contributed by atoms with E-state index in [2.05, 4.69) is 23.5 Å². The van der Waals surface area contributed by atoms with E-state index in [1.54, 1.807) is 0 Å². The van der Waals surface area contributed by atoms with Crippen LogP contribution >= 0.6 is 0 Å². The van der Waals surface area contributed by atoms with Gasteiger partial charge in [-0.25, -0.2) is 4.79 Å². The lowest BCUT2D eigenvalue weighted by Crippen LogP contribution is -2.49. The number of hydrogen-bond acceptors (Lipinski definition) is 3. The molecule has 0 aliphatic carbocycles. The van der Waals surface area contributed by atoms with E-state index in [0.29, 0.717) is 26.3 Å². The summed E-state index contributed by atoms with van der Waals surface area (Å²) in [4.78, 5) is 29.2. The summed E-state index contributed by atoms with van der Waals surface area (Å²) in [5.41, 5.74) is 3.30. The first-order valence-electron chi connectivity index (χ1n) is 11.7. The lowest BCUT2D eigenvalue weighted by Gasteiger charge is -2.34. The Labute approximate surface area is 190 Å². The zero-order valence-electron chi connectivity index (χ0n) is 18.7. The van der Waals surface area contributed by atoms with E-state index >= 15 is 0 Å². The third-order valence-corrected chi connectivity index (χ3v) is 6.28. The van der Waals surface area contributed by atoms with Crippen molar-refractivity contribution in [1.29, 1.82) is 0 Å². The standard InChI is InChI=1S/C26H33N3O3/c30-25(24-12-7-15-29(18-24)26(31)28-13-4-5-14-28)27-17-22-10-6-11-23(16-22)20-32-19-21-8-2-1-3-9-21/h1-3,6,8-11,16,24H,4-5,7,12-15,17-20H2,(H,27,30). The Bertz CT molecular complexity index is 896. The van der Waals surface area contributed by atoms with Crippen molar-refractivity contribution in [3.8, 4) is 0 Å². The molecule has 1 unspecified atom stereocenters. The van der Waals surface area contributed by atoms with Gasteiger partial charge in [0.1, 0.15) is 0 Å². The van der Waals surface area contributed by atoms with Gasteiger partial charge in [-0.3, -0.25) is 4.79 Å². The summed E-state index contributed by atoms with van der Waals surface area (Å²) in [5.74, 6) is -0.0951. The van der Waals surface area contributed by atoms with Crippen LogP contribution in [0.5, 0.6) is 0 Å². The van der Waals surface area contributed by atoms with Gasteiger partial charge in [-0.15, -0.1) is 0 Å². The van der Waals surface area contributed by atoms with Gasteiger partial charge in [0.2, 0.25) is 5.91 Å². The third-order valence-electron chi connectivity index (χ3n) is 6.28. The van der Waals surface area contributed by atoms with Crippen molar-refractivity contribution in [2.24, 2.45) is 5.92 Å². The van der Waals surface area contributed by atoms with E-state index in [1.807, 2.05) is 46.2 Å². The molecule has 2 aromatic carbocycles. The minimum absolute atomic E-state index is 0.0367. The van der Waals surface area contributed by atoms with Crippen molar-refractivity contribution in [3.05, 3.63) is 71.3 Å². The Balaban J connectivity index is 1.23. The summed E-state index contributed by atoms with van der Waals surface area (Å²) in [5, 5.41) is 3.08. The molecule has 2 aliphatic rings. The number of urea groups is 1. The first kappa shape index (κ1) is 22.3. The van der Waals surface area contributed by atoms with Crippen molar-refractivity contribution in [2.45, 2.75) is 45.4 Å². The lowest BCUT2D eigenvalue weighted by atomic mass is 9.97. The van der Waals surface area contributed by atoms with Crippen molar-refractivity contribution in [2.75, 3.05) is 26.2 Å². The summed E-state index contributed by atoms with van der Waals surface area (Å²) >= 11 is 0. The highest BCUT2D eigenvalue weighted by molar-refractivity contribution is 5.81. The number of carbonyl (C=O) groups excluding carboxylic acids is 2. The fourth-order valence-corrected chi connectivity index (χ4v) is 4.50. The minimum atomic E-state index is -0.132. The maximum atomic E-state index is 12.8. The summed E-state index contributed by atoms with van der Waals surface area (Å²) in [6.07, 6.45) is 3.88. The molecule has 0 aromatic heterocycles. The van der Waals surface area contributed by atoms with Crippen LogP contribution in [0.1, 0.15) is 42.4 Å². The smallest absolute Gasteiger partial charge is 0.320 e. The quantitative estimate of drug-likeness (QED) is 0.716. The van der Waals surface area contributed by atoms with Gasteiger partial charge in [0, 0.05) is 32.7 Å². The van der Waals surface area contributed by atoms with Crippen LogP contribution in [-0.2, 0) is 29.3 Å². The van der Waals surface area contributed by atoms with Crippen LogP contribution < -0.4 is 5.32 Å². The molecule has 1 N–H and O–H groups in total. The van der Waals surface area contributed by atoms with E-state index in [0.717, 1.165) is 62.0 Å². The second-order valence-corrected chi connectivity index (χ2v) is 8.78. The van der Waals surface area contributed by atoms with Gasteiger partial charge in [-0.2, -0.15) is 0 Å². The van der Waals surface area contributed by atoms with E-state index in [1.165, 1.54) is 0 Å². The summed E-state index contributed by atoms with van der Waals surface area (Å²) in [6, 6.07) is 18.4. The van der Waals surface area contributed by atoms with Crippen molar-refractivity contribution in [1.82, 2.24) is 15.1 Å². The van der Waals surface area contributed by atoms with E-state index in [9.17, 15) is 9.59 Å². The number of piperidine rings is 1. The molecule has 2 fully saturated rings. The van der Waals surface area contributed by atoms with Gasteiger partial charge >= 0.3 is 6.03 Å². The average Bonchev–Trinajstić information content (AvgIpc) is 3.38. The maximum absolute atomic E-state index is 12.8. The Morgan fingerprint density at radius 2 is 1.53 bits per heavy atom. The number of rotatable bonds is 7. The highest BCUT2D eigenvalue weighted by atomic mass is 16.5. The molecule has 0 spiro atoms. The molecular formula is C26H33N3O3. The van der Waals surface area contributed by atoms with Crippen LogP contribution in [0.2, 0.25) is 0 Å². The van der Waals surface area contributed by atoms with Gasteiger partial charge in [-0.05, 0) is 42.4 Å². The van der Waals surface area contributed by atoms with Gasteiger partial charge in [-0.1, -0.05) is 54.6 Å². The number of ether oxygens (including phenoxy) is 1. The van der Waals surface area contributed by atoms with Crippen molar-refractivity contribution in [3.63, 3.8) is 0 Å². The second-order valence-electron chi connectivity index (χ2n) is 8.78. The molecule has 2 heterocycles. The van der Waals surface area contributed by atoms with Crippen molar-refractivity contribution < 1.29 is 14.3 Å². The predicted octanol–water partition coefficient (Wildman–Crippen LogP) is 3.95. The van der Waals surface area contributed by atoms with Gasteiger partial charge < -0.3 is 19.9 Å². The summed E-state index contributed by atoms with van der Waals surface area (Å²) < 4.78 is 5.83. The molecule has 1 atom stereocenters. The lowest BCUT2D eigenvalue weighted by molar-refractivity contribution is -0.126. The summed E-state index contributed by atoms with van der Waals surface area (Å²) in [6.45, 7) is 4.57. The molecule has 0 bridgehead atoms. The van der Waals surface area contributed by atoms with Crippen LogP contribution in [0.3, 0.4) is 0 Å². The zero-order chi connectivity index (χ0) is 22.2. The molecule has 4 rings (SSSR count). The molecule has 0 saturated carbocycles. The maximum Gasteiger partial charge on any atom is 0.320 e. The molecule has 2 saturated heterocycles. The monoisotopic (exact) mass is 435 g/mol. The molecule has 170 valence electrons. The largest absolute Gasteiger partial charge is 0.372 e. The van der Waals surface area contributed by atoms with Crippen molar-refractivity contribution >= 4 is 11.9 Å². The van der Waals surface area contributed by atoms with Crippen LogP contribution in [0.15, 0.2) is 54.6 Å². The summed E-state index contributed by atoms with van der Waals surface area (Å²) in [7, 11) is 0. The second kappa shape index (κ2) is 11.1. The molecule has 2 aromatic rings. The van der Waals surface area contributed by atoms with Crippen LogP contribution in [0.4, 0.5) is 4.79 Å². The number of nitrogens with zero attached hydrogens (tertiary/aromatic N) is 2. The topological polar surface area (TPSA) is 61.9 Å². The van der Waals surface area contributed by atoms with Crippen LogP contribution in [0, 0.1) is 5.92 Å².